The van der Waals surface area contributed by atoms with Gasteiger partial charge in [0, 0.05) is 6.54 Å². The first-order valence-corrected chi connectivity index (χ1v) is 7.71. The van der Waals surface area contributed by atoms with Crippen LogP contribution in [0.5, 0.6) is 0 Å². The Bertz CT molecular complexity index is 765. The van der Waals surface area contributed by atoms with Crippen molar-refractivity contribution < 1.29 is 9.53 Å². The third-order valence-electron chi connectivity index (χ3n) is 4.22. The fourth-order valence-electron chi connectivity index (χ4n) is 2.63. The van der Waals surface area contributed by atoms with E-state index in [9.17, 15) is 10.1 Å². The number of benzene rings is 1. The quantitative estimate of drug-likeness (QED) is 0.854. The van der Waals surface area contributed by atoms with Crippen molar-refractivity contribution in [1.29, 1.82) is 5.26 Å². The van der Waals surface area contributed by atoms with Crippen molar-refractivity contribution in [2.45, 2.75) is 25.2 Å². The predicted octanol–water partition coefficient (Wildman–Crippen LogP) is 2.62. The third kappa shape index (κ3) is 3.09. The van der Waals surface area contributed by atoms with Crippen molar-refractivity contribution in [2.24, 2.45) is 5.92 Å². The first kappa shape index (κ1) is 15.2. The van der Waals surface area contributed by atoms with Gasteiger partial charge in [0.05, 0.1) is 24.2 Å². The van der Waals surface area contributed by atoms with Crippen LogP contribution in [0.2, 0.25) is 0 Å². The zero-order valence-corrected chi connectivity index (χ0v) is 13.0. The Kier molecular flexibility index (Phi) is 4.38. The van der Waals surface area contributed by atoms with Gasteiger partial charge in [-0.3, -0.25) is 4.79 Å². The predicted molar refractivity (Wildman–Crippen MR) is 85.7 cm³/mol. The van der Waals surface area contributed by atoms with E-state index < -0.39 is 11.9 Å². The first-order chi connectivity index (χ1) is 11.2. The number of hydrogen-bond acceptors (Lipinski definition) is 6. The second kappa shape index (κ2) is 6.61. The average Bonchev–Trinajstić information content (AvgIpc) is 2.54. The lowest BCUT2D eigenvalue weighted by molar-refractivity contribution is -0.141. The Morgan fingerprint density at radius 2 is 2.09 bits per heavy atom. The fraction of sp³-hybridized carbons (Fsp3) is 0.412. The molecule has 23 heavy (non-hydrogen) atoms. The molecular weight excluding hydrogens is 292 g/mol. The van der Waals surface area contributed by atoms with Gasteiger partial charge in [-0.2, -0.15) is 5.26 Å². The number of nitrogens with zero attached hydrogens (tertiary/aromatic N) is 3. The monoisotopic (exact) mass is 310 g/mol. The molecule has 0 amide bonds. The van der Waals surface area contributed by atoms with E-state index in [1.54, 1.807) is 0 Å². The van der Waals surface area contributed by atoms with E-state index in [4.69, 9.17) is 4.74 Å². The van der Waals surface area contributed by atoms with Gasteiger partial charge in [0.1, 0.15) is 5.69 Å². The van der Waals surface area contributed by atoms with E-state index >= 15 is 0 Å². The highest BCUT2D eigenvalue weighted by Gasteiger charge is 2.28. The number of nitrogens with one attached hydrogen (secondary N) is 1. The molecule has 3 rings (SSSR count). The summed E-state index contributed by atoms with van der Waals surface area (Å²) in [7, 11) is 1.27. The van der Waals surface area contributed by atoms with Crippen LogP contribution in [0.1, 0.15) is 30.9 Å². The summed E-state index contributed by atoms with van der Waals surface area (Å²) in [6.45, 7) is 0.777. The van der Waals surface area contributed by atoms with Crippen molar-refractivity contribution >= 4 is 22.8 Å². The number of fused-ring (bicyclic) bond motifs is 1. The van der Waals surface area contributed by atoms with E-state index in [2.05, 4.69) is 15.3 Å². The number of esters is 1. The lowest BCUT2D eigenvalue weighted by Gasteiger charge is -2.26. The summed E-state index contributed by atoms with van der Waals surface area (Å²) in [6.07, 6.45) is 3.65. The molecule has 0 aliphatic heterocycles. The second-order valence-electron chi connectivity index (χ2n) is 5.71. The summed E-state index contributed by atoms with van der Waals surface area (Å²) in [5.74, 6) is -0.591. The molecule has 1 aromatic carbocycles. The van der Waals surface area contributed by atoms with Crippen LogP contribution >= 0.6 is 0 Å². The number of carbonyl (C=O) groups excluding carboxylic acids is 1. The van der Waals surface area contributed by atoms with Gasteiger partial charge in [0.15, 0.2) is 11.7 Å². The molecule has 1 saturated carbocycles. The van der Waals surface area contributed by atoms with Gasteiger partial charge in [0.25, 0.3) is 0 Å². The number of aromatic nitrogens is 2. The number of methoxy groups -OCH3 is 1. The molecule has 0 spiro atoms. The molecule has 1 aliphatic carbocycles. The largest absolute Gasteiger partial charge is 0.468 e. The summed E-state index contributed by atoms with van der Waals surface area (Å²) in [4.78, 5) is 20.9. The van der Waals surface area contributed by atoms with Crippen molar-refractivity contribution in [3.8, 4) is 6.07 Å². The number of hydrogen-bond donors (Lipinski definition) is 1. The zero-order valence-electron chi connectivity index (χ0n) is 13.0. The summed E-state index contributed by atoms with van der Waals surface area (Å²) >= 11 is 0. The number of ether oxygens (including phenoxy) is 1. The van der Waals surface area contributed by atoms with E-state index in [-0.39, 0.29) is 0 Å². The molecule has 6 nitrogen and oxygen atoms in total. The standard InChI is InChI=1S/C17H18N4O2/c1-23-17(22)12(9-18)15-16(19-10-11-5-4-6-11)21-14-8-3-2-7-13(14)20-15/h2-3,7-8,11-12H,4-6,10H2,1H3,(H,19,21)/t12-/m1/s1. The van der Waals surface area contributed by atoms with Crippen molar-refractivity contribution in [1.82, 2.24) is 9.97 Å². The summed E-state index contributed by atoms with van der Waals surface area (Å²) in [5, 5.41) is 12.6. The highest BCUT2D eigenvalue weighted by molar-refractivity contribution is 5.84. The van der Waals surface area contributed by atoms with Crippen LogP contribution in [0.4, 0.5) is 5.82 Å². The maximum absolute atomic E-state index is 11.9. The normalized spacial score (nSPS) is 15.5. The van der Waals surface area contributed by atoms with E-state index in [1.807, 2.05) is 30.3 Å². The molecule has 0 saturated heterocycles. The minimum atomic E-state index is -1.08. The maximum atomic E-state index is 11.9. The Morgan fingerprint density at radius 1 is 1.39 bits per heavy atom. The lowest BCUT2D eigenvalue weighted by Crippen LogP contribution is -2.23. The van der Waals surface area contributed by atoms with Crippen LogP contribution < -0.4 is 5.32 Å². The molecular formula is C17H18N4O2. The van der Waals surface area contributed by atoms with Gasteiger partial charge in [-0.05, 0) is 30.9 Å². The van der Waals surface area contributed by atoms with Gasteiger partial charge in [-0.15, -0.1) is 0 Å². The number of rotatable bonds is 5. The number of nitriles is 1. The molecule has 118 valence electrons. The third-order valence-corrected chi connectivity index (χ3v) is 4.22. The maximum Gasteiger partial charge on any atom is 0.329 e. The molecule has 1 atom stereocenters. The minimum Gasteiger partial charge on any atom is -0.468 e. The SMILES string of the molecule is COC(=O)[C@H](C#N)c1nc2ccccc2nc1NCC1CCC1. The molecule has 6 heteroatoms. The first-order valence-electron chi connectivity index (χ1n) is 7.71. The van der Waals surface area contributed by atoms with Gasteiger partial charge in [0.2, 0.25) is 0 Å². The van der Waals surface area contributed by atoms with Crippen molar-refractivity contribution in [3.05, 3.63) is 30.0 Å². The van der Waals surface area contributed by atoms with Gasteiger partial charge in [-0.25, -0.2) is 9.97 Å². The number of anilines is 1. The number of para-hydroxylation sites is 2. The van der Waals surface area contributed by atoms with Crippen molar-refractivity contribution in [2.75, 3.05) is 19.0 Å². The van der Waals surface area contributed by atoms with Crippen molar-refractivity contribution in [3.63, 3.8) is 0 Å². The topological polar surface area (TPSA) is 87.9 Å². The average molecular weight is 310 g/mol. The zero-order chi connectivity index (χ0) is 16.2. The Morgan fingerprint density at radius 3 is 2.65 bits per heavy atom. The summed E-state index contributed by atoms with van der Waals surface area (Å²) < 4.78 is 4.73. The highest BCUT2D eigenvalue weighted by atomic mass is 16.5. The highest BCUT2D eigenvalue weighted by Crippen LogP contribution is 2.29. The lowest BCUT2D eigenvalue weighted by atomic mass is 9.85. The molecule has 0 unspecified atom stereocenters. The molecule has 1 N–H and O–H groups in total. The molecule has 0 radical (unpaired) electrons. The van der Waals surface area contributed by atoms with Crippen LogP contribution in [0.25, 0.3) is 11.0 Å². The Balaban J connectivity index is 2.00. The minimum absolute atomic E-state index is 0.331. The van der Waals surface area contributed by atoms with E-state index in [0.717, 1.165) is 12.1 Å². The summed E-state index contributed by atoms with van der Waals surface area (Å²) in [5.41, 5.74) is 1.71. The van der Waals surface area contributed by atoms with E-state index in [0.29, 0.717) is 22.9 Å². The van der Waals surface area contributed by atoms with Crippen LogP contribution in [0.15, 0.2) is 24.3 Å². The molecule has 1 fully saturated rings. The van der Waals surface area contributed by atoms with Crippen LogP contribution in [0, 0.1) is 17.2 Å². The van der Waals surface area contributed by atoms with Gasteiger partial charge >= 0.3 is 5.97 Å². The molecule has 1 aliphatic rings. The van der Waals surface area contributed by atoms with Gasteiger partial charge < -0.3 is 10.1 Å². The Hall–Kier alpha value is -2.68. The summed E-state index contributed by atoms with van der Waals surface area (Å²) in [6, 6.07) is 9.38. The molecule has 1 aromatic heterocycles. The Labute approximate surface area is 134 Å². The van der Waals surface area contributed by atoms with E-state index in [1.165, 1.54) is 26.4 Å². The molecule has 1 heterocycles. The van der Waals surface area contributed by atoms with Crippen LogP contribution in [-0.4, -0.2) is 29.6 Å². The van der Waals surface area contributed by atoms with Crippen LogP contribution in [-0.2, 0) is 9.53 Å². The smallest absolute Gasteiger partial charge is 0.329 e. The van der Waals surface area contributed by atoms with Gasteiger partial charge in [-0.1, -0.05) is 18.6 Å². The number of carbonyl (C=O) groups is 1. The second-order valence-corrected chi connectivity index (χ2v) is 5.71. The van der Waals surface area contributed by atoms with Crippen LogP contribution in [0.3, 0.4) is 0 Å². The molecule has 0 bridgehead atoms. The molecule has 2 aromatic rings. The fourth-order valence-corrected chi connectivity index (χ4v) is 2.63.